The molecule has 4 heteroatoms. The maximum atomic E-state index is 4.40. The van der Waals surface area contributed by atoms with E-state index in [0.29, 0.717) is 12.5 Å². The topological polar surface area (TPSA) is 50.7 Å². The molecule has 0 spiro atoms. The van der Waals surface area contributed by atoms with Crippen LogP contribution in [0.25, 0.3) is 17.1 Å². The molecule has 0 amide bonds. The van der Waals surface area contributed by atoms with Crippen LogP contribution in [0.2, 0.25) is 0 Å². The monoisotopic (exact) mass is 262 g/mol. The fourth-order valence-electron chi connectivity index (χ4n) is 1.86. The molecule has 98 valence electrons. The van der Waals surface area contributed by atoms with Crippen LogP contribution in [0.5, 0.6) is 0 Å². The molecule has 2 aromatic heterocycles. The Kier molecular flexibility index (Phi) is 3.64. The molecule has 2 heterocycles. The van der Waals surface area contributed by atoms with Crippen molar-refractivity contribution in [2.45, 2.75) is 0 Å². The normalized spacial score (nSPS) is 11.0. The Morgan fingerprint density at radius 3 is 2.75 bits per heavy atom. The number of pyridine rings is 1. The quantitative estimate of drug-likeness (QED) is 0.784. The van der Waals surface area contributed by atoms with Gasteiger partial charge in [-0.25, -0.2) is 9.97 Å². The van der Waals surface area contributed by atoms with E-state index >= 15 is 0 Å². The van der Waals surface area contributed by atoms with Gasteiger partial charge in [0.25, 0.3) is 0 Å². The Morgan fingerprint density at radius 1 is 0.950 bits per heavy atom. The maximum absolute atomic E-state index is 4.40. The Labute approximate surface area is 117 Å². The number of nitrogens with zero attached hydrogens (tertiary/aromatic N) is 3. The van der Waals surface area contributed by atoms with Gasteiger partial charge in [-0.2, -0.15) is 0 Å². The van der Waals surface area contributed by atoms with Crippen molar-refractivity contribution in [3.05, 3.63) is 66.5 Å². The largest absolute Gasteiger partial charge is 0.351 e. The summed E-state index contributed by atoms with van der Waals surface area (Å²) in [5.74, 6) is 0.614. The van der Waals surface area contributed by atoms with E-state index in [9.17, 15) is 0 Å². The predicted octanol–water partition coefficient (Wildman–Crippen LogP) is 3.15. The van der Waals surface area contributed by atoms with E-state index in [0.717, 1.165) is 11.0 Å². The number of aromatic nitrogens is 3. The zero-order chi connectivity index (χ0) is 13.6. The number of nitrogens with one attached hydrogen (secondary N) is 1. The Hall–Kier alpha value is -2.75. The van der Waals surface area contributed by atoms with Gasteiger partial charge in [-0.1, -0.05) is 42.5 Å². The first kappa shape index (κ1) is 12.3. The lowest BCUT2D eigenvalue weighted by molar-refractivity contribution is 1.14. The van der Waals surface area contributed by atoms with Crippen LogP contribution in [0, 0.1) is 0 Å². The highest BCUT2D eigenvalue weighted by molar-refractivity contribution is 5.73. The smallest absolute Gasteiger partial charge is 0.223 e. The Bertz CT molecular complexity index is 723. The van der Waals surface area contributed by atoms with Crippen molar-refractivity contribution in [3.63, 3.8) is 0 Å². The molecule has 1 aromatic carbocycles. The molecule has 0 saturated heterocycles. The minimum atomic E-state index is 0.614. The van der Waals surface area contributed by atoms with Crippen molar-refractivity contribution in [1.29, 1.82) is 0 Å². The number of hydrogen-bond acceptors (Lipinski definition) is 4. The van der Waals surface area contributed by atoms with Gasteiger partial charge >= 0.3 is 0 Å². The van der Waals surface area contributed by atoms with E-state index in [1.807, 2.05) is 36.4 Å². The van der Waals surface area contributed by atoms with Crippen molar-refractivity contribution in [3.8, 4) is 0 Å². The molecule has 0 aliphatic carbocycles. The van der Waals surface area contributed by atoms with Crippen LogP contribution in [0.3, 0.4) is 0 Å². The summed E-state index contributed by atoms with van der Waals surface area (Å²) in [6.45, 7) is 0.681. The molecule has 4 nitrogen and oxygen atoms in total. The first-order chi connectivity index (χ1) is 9.92. The lowest BCUT2D eigenvalue weighted by atomic mass is 10.2. The van der Waals surface area contributed by atoms with Crippen LogP contribution in [-0.4, -0.2) is 21.5 Å². The van der Waals surface area contributed by atoms with Gasteiger partial charge in [0.1, 0.15) is 5.52 Å². The van der Waals surface area contributed by atoms with Crippen molar-refractivity contribution in [2.75, 3.05) is 11.9 Å². The van der Waals surface area contributed by atoms with E-state index < -0.39 is 0 Å². The molecule has 0 aliphatic rings. The molecule has 0 radical (unpaired) electrons. The van der Waals surface area contributed by atoms with E-state index in [4.69, 9.17) is 0 Å². The zero-order valence-corrected chi connectivity index (χ0v) is 10.9. The second kappa shape index (κ2) is 5.93. The summed E-state index contributed by atoms with van der Waals surface area (Å²) in [5.41, 5.74) is 2.83. The molecule has 20 heavy (non-hydrogen) atoms. The molecule has 0 aliphatic heterocycles. The summed E-state index contributed by atoms with van der Waals surface area (Å²) in [6, 6.07) is 14.0. The summed E-state index contributed by atoms with van der Waals surface area (Å²) in [4.78, 5) is 12.8. The lowest BCUT2D eigenvalue weighted by Crippen LogP contribution is -2.03. The number of rotatable bonds is 4. The molecule has 0 bridgehead atoms. The first-order valence-corrected chi connectivity index (χ1v) is 6.45. The average Bonchev–Trinajstić information content (AvgIpc) is 2.52. The standard InChI is InChI=1S/C16H14N4/c1-2-6-13(7-3-1)8-4-11-18-16-19-12-15-14(20-16)9-5-10-17-15/h1-10,12H,11H2,(H,18,19,20). The van der Waals surface area contributed by atoms with Gasteiger partial charge in [0.05, 0.1) is 11.7 Å². The summed E-state index contributed by atoms with van der Waals surface area (Å²) in [7, 11) is 0. The predicted molar refractivity (Wildman–Crippen MR) is 81.3 cm³/mol. The van der Waals surface area contributed by atoms with Crippen molar-refractivity contribution in [2.24, 2.45) is 0 Å². The van der Waals surface area contributed by atoms with Crippen LogP contribution in [0.15, 0.2) is 60.9 Å². The van der Waals surface area contributed by atoms with E-state index in [1.165, 1.54) is 5.56 Å². The number of anilines is 1. The Balaban J connectivity index is 1.64. The number of fused-ring (bicyclic) bond motifs is 1. The lowest BCUT2D eigenvalue weighted by Gasteiger charge is -2.02. The molecule has 3 aromatic rings. The molecular formula is C16H14N4. The summed E-state index contributed by atoms with van der Waals surface area (Å²) in [6.07, 6.45) is 7.58. The van der Waals surface area contributed by atoms with Crippen LogP contribution < -0.4 is 5.32 Å². The number of benzene rings is 1. The summed E-state index contributed by atoms with van der Waals surface area (Å²) >= 11 is 0. The molecule has 1 N–H and O–H groups in total. The average molecular weight is 262 g/mol. The van der Waals surface area contributed by atoms with Crippen LogP contribution >= 0.6 is 0 Å². The van der Waals surface area contributed by atoms with E-state index in [2.05, 4.69) is 38.5 Å². The van der Waals surface area contributed by atoms with Gasteiger partial charge in [0.2, 0.25) is 5.95 Å². The SMILES string of the molecule is C(=Cc1ccccc1)CNc1ncc2ncccc2n1. The minimum absolute atomic E-state index is 0.614. The molecule has 3 rings (SSSR count). The van der Waals surface area contributed by atoms with Crippen LogP contribution in [0.4, 0.5) is 5.95 Å². The third kappa shape index (κ3) is 2.98. The van der Waals surface area contributed by atoms with Crippen molar-refractivity contribution in [1.82, 2.24) is 15.0 Å². The maximum Gasteiger partial charge on any atom is 0.223 e. The zero-order valence-electron chi connectivity index (χ0n) is 10.9. The minimum Gasteiger partial charge on any atom is -0.351 e. The molecule has 0 atom stereocenters. The Morgan fingerprint density at radius 2 is 1.85 bits per heavy atom. The van der Waals surface area contributed by atoms with Gasteiger partial charge in [-0.3, -0.25) is 4.98 Å². The molecule has 0 fully saturated rings. The fourth-order valence-corrected chi connectivity index (χ4v) is 1.86. The highest BCUT2D eigenvalue weighted by atomic mass is 15.1. The van der Waals surface area contributed by atoms with E-state index in [-0.39, 0.29) is 0 Å². The van der Waals surface area contributed by atoms with Crippen molar-refractivity contribution >= 4 is 23.1 Å². The molecule has 0 unspecified atom stereocenters. The van der Waals surface area contributed by atoms with Gasteiger partial charge in [0, 0.05) is 12.7 Å². The summed E-state index contributed by atoms with van der Waals surface area (Å²) < 4.78 is 0. The molecule has 0 saturated carbocycles. The third-order valence-electron chi connectivity index (χ3n) is 2.84. The van der Waals surface area contributed by atoms with Crippen LogP contribution in [0.1, 0.15) is 5.56 Å². The van der Waals surface area contributed by atoms with Gasteiger partial charge in [-0.15, -0.1) is 0 Å². The highest BCUT2D eigenvalue weighted by Gasteiger charge is 1.98. The van der Waals surface area contributed by atoms with Gasteiger partial charge in [0.15, 0.2) is 0 Å². The van der Waals surface area contributed by atoms with Gasteiger partial charge < -0.3 is 5.32 Å². The first-order valence-electron chi connectivity index (χ1n) is 6.45. The summed E-state index contributed by atoms with van der Waals surface area (Å²) in [5, 5.41) is 3.17. The second-order valence-corrected chi connectivity index (χ2v) is 4.30. The fraction of sp³-hybridized carbons (Fsp3) is 0.0625. The van der Waals surface area contributed by atoms with E-state index in [1.54, 1.807) is 12.4 Å². The third-order valence-corrected chi connectivity index (χ3v) is 2.84. The number of hydrogen-bond donors (Lipinski definition) is 1. The van der Waals surface area contributed by atoms with Crippen LogP contribution in [-0.2, 0) is 0 Å². The second-order valence-electron chi connectivity index (χ2n) is 4.30. The van der Waals surface area contributed by atoms with Gasteiger partial charge in [-0.05, 0) is 17.7 Å². The highest BCUT2D eigenvalue weighted by Crippen LogP contribution is 2.08. The van der Waals surface area contributed by atoms with Crippen molar-refractivity contribution < 1.29 is 0 Å². The molecular weight excluding hydrogens is 248 g/mol.